The summed E-state index contributed by atoms with van der Waals surface area (Å²) in [5.74, 6) is 0.787. The van der Waals surface area contributed by atoms with Crippen molar-refractivity contribution in [1.29, 1.82) is 0 Å². The summed E-state index contributed by atoms with van der Waals surface area (Å²) in [6, 6.07) is 18.9. The summed E-state index contributed by atoms with van der Waals surface area (Å²) < 4.78 is 11.6. The summed E-state index contributed by atoms with van der Waals surface area (Å²) in [6.45, 7) is 0. The first-order chi connectivity index (χ1) is 10.4. The number of ether oxygens (including phenoxy) is 1. The first-order valence-electron chi connectivity index (χ1n) is 7.00. The molecule has 0 spiro atoms. The van der Waals surface area contributed by atoms with Gasteiger partial charge < -0.3 is 9.15 Å². The van der Waals surface area contributed by atoms with Crippen molar-refractivity contribution in [1.82, 2.24) is 0 Å². The Kier molecular flexibility index (Phi) is 1.92. The Morgan fingerprint density at radius 1 is 0.714 bits per heavy atom. The molecule has 5 aromatic rings. The number of rotatable bonds is 1. The number of hydrogen-bond donors (Lipinski definition) is 0. The van der Waals surface area contributed by atoms with Crippen LogP contribution >= 0.6 is 0 Å². The Morgan fingerprint density at radius 2 is 1.43 bits per heavy atom. The average Bonchev–Trinajstić information content (AvgIpc) is 2.94. The Morgan fingerprint density at radius 3 is 2.19 bits per heavy atom. The maximum Gasteiger partial charge on any atom is 0.177 e. The largest absolute Gasteiger partial charge is 0.493 e. The summed E-state index contributed by atoms with van der Waals surface area (Å²) in [4.78, 5) is 0. The molecule has 0 aliphatic heterocycles. The zero-order chi connectivity index (χ0) is 14.0. The van der Waals surface area contributed by atoms with Crippen LogP contribution < -0.4 is 4.74 Å². The minimum absolute atomic E-state index is 0.787. The van der Waals surface area contributed by atoms with Crippen LogP contribution in [0.4, 0.5) is 0 Å². The number of fused-ring (bicyclic) bond motifs is 3. The molecule has 0 unspecified atom stereocenters. The molecule has 0 N–H and O–H groups in total. The van der Waals surface area contributed by atoms with Gasteiger partial charge in [0.15, 0.2) is 11.3 Å². The fourth-order valence-corrected chi connectivity index (χ4v) is 3.46. The van der Waals surface area contributed by atoms with Crippen molar-refractivity contribution in [2.75, 3.05) is 7.11 Å². The molecule has 2 nitrogen and oxygen atoms in total. The van der Waals surface area contributed by atoms with Crippen molar-refractivity contribution in [2.45, 2.75) is 0 Å². The summed E-state index contributed by atoms with van der Waals surface area (Å²) in [6.07, 6.45) is 0. The molecule has 21 heavy (non-hydrogen) atoms. The van der Waals surface area contributed by atoms with E-state index in [1.165, 1.54) is 32.3 Å². The minimum Gasteiger partial charge on any atom is -0.493 e. The normalized spacial score (nSPS) is 12.0. The van der Waals surface area contributed by atoms with E-state index in [1.807, 2.05) is 18.2 Å². The molecular weight excluding hydrogens is 260 g/mol. The van der Waals surface area contributed by atoms with Gasteiger partial charge in [-0.2, -0.15) is 0 Å². The monoisotopic (exact) mass is 272 g/mol. The molecule has 2 heteroatoms. The number of benzene rings is 4. The molecule has 0 fully saturated rings. The third-order valence-electron chi connectivity index (χ3n) is 4.34. The lowest BCUT2D eigenvalue weighted by atomic mass is 9.94. The van der Waals surface area contributed by atoms with Gasteiger partial charge in [-0.1, -0.05) is 36.4 Å². The first kappa shape index (κ1) is 11.0. The van der Waals surface area contributed by atoms with Crippen LogP contribution in [0.2, 0.25) is 0 Å². The number of hydrogen-bond acceptors (Lipinski definition) is 2. The predicted molar refractivity (Wildman–Crippen MR) is 86.5 cm³/mol. The molecule has 5 rings (SSSR count). The predicted octanol–water partition coefficient (Wildman–Crippen LogP) is 5.34. The van der Waals surface area contributed by atoms with Crippen molar-refractivity contribution in [3.05, 3.63) is 54.6 Å². The minimum atomic E-state index is 0.787. The van der Waals surface area contributed by atoms with Crippen LogP contribution in [0.3, 0.4) is 0 Å². The summed E-state index contributed by atoms with van der Waals surface area (Å²) >= 11 is 0. The second kappa shape index (κ2) is 3.67. The SMILES string of the molecule is COc1ccc2c3ccccc3c3cccc4oc1c2c43. The van der Waals surface area contributed by atoms with Gasteiger partial charge in [0, 0.05) is 10.8 Å². The molecule has 1 aromatic heterocycles. The topological polar surface area (TPSA) is 22.4 Å². The van der Waals surface area contributed by atoms with Gasteiger partial charge in [0.25, 0.3) is 0 Å². The highest BCUT2D eigenvalue weighted by molar-refractivity contribution is 6.33. The van der Waals surface area contributed by atoms with Crippen molar-refractivity contribution < 1.29 is 9.15 Å². The molecular formula is C19H12O2. The van der Waals surface area contributed by atoms with Gasteiger partial charge in [-0.15, -0.1) is 0 Å². The molecule has 0 atom stereocenters. The number of furan rings is 1. The molecule has 0 aliphatic carbocycles. The highest BCUT2D eigenvalue weighted by Crippen LogP contribution is 2.44. The Labute approximate surface area is 120 Å². The Bertz CT molecular complexity index is 1120. The third-order valence-corrected chi connectivity index (χ3v) is 4.34. The van der Waals surface area contributed by atoms with E-state index in [-0.39, 0.29) is 0 Å². The highest BCUT2D eigenvalue weighted by atomic mass is 16.5. The maximum absolute atomic E-state index is 6.08. The summed E-state index contributed by atoms with van der Waals surface area (Å²) in [5.41, 5.74) is 1.76. The van der Waals surface area contributed by atoms with E-state index in [9.17, 15) is 0 Å². The lowest BCUT2D eigenvalue weighted by molar-refractivity contribution is 0.412. The molecule has 0 saturated carbocycles. The van der Waals surface area contributed by atoms with Crippen LogP contribution in [0.25, 0.3) is 43.5 Å². The van der Waals surface area contributed by atoms with Crippen molar-refractivity contribution in [3.63, 3.8) is 0 Å². The zero-order valence-electron chi connectivity index (χ0n) is 11.5. The van der Waals surface area contributed by atoms with Gasteiger partial charge in [0.2, 0.25) is 0 Å². The third kappa shape index (κ3) is 1.23. The fourth-order valence-electron chi connectivity index (χ4n) is 3.46. The summed E-state index contributed by atoms with van der Waals surface area (Å²) in [5, 5.41) is 7.34. The highest BCUT2D eigenvalue weighted by Gasteiger charge is 2.18. The lowest BCUT2D eigenvalue weighted by Crippen LogP contribution is -1.85. The first-order valence-corrected chi connectivity index (χ1v) is 7.00. The van der Waals surface area contributed by atoms with Crippen LogP contribution in [0.5, 0.6) is 5.75 Å². The molecule has 100 valence electrons. The van der Waals surface area contributed by atoms with Crippen LogP contribution in [-0.2, 0) is 0 Å². The summed E-state index contributed by atoms with van der Waals surface area (Å²) in [7, 11) is 1.68. The fraction of sp³-hybridized carbons (Fsp3) is 0.0526. The van der Waals surface area contributed by atoms with Crippen molar-refractivity contribution in [3.8, 4) is 5.75 Å². The number of methoxy groups -OCH3 is 1. The second-order valence-corrected chi connectivity index (χ2v) is 5.35. The molecule has 0 radical (unpaired) electrons. The van der Waals surface area contributed by atoms with Crippen molar-refractivity contribution >= 4 is 43.5 Å². The van der Waals surface area contributed by atoms with Gasteiger partial charge in [0.05, 0.1) is 7.11 Å². The van der Waals surface area contributed by atoms with Gasteiger partial charge in [-0.3, -0.25) is 0 Å². The van der Waals surface area contributed by atoms with Gasteiger partial charge in [-0.05, 0) is 39.7 Å². The van der Waals surface area contributed by atoms with Gasteiger partial charge >= 0.3 is 0 Å². The van der Waals surface area contributed by atoms with E-state index < -0.39 is 0 Å². The average molecular weight is 272 g/mol. The molecule has 0 amide bonds. The smallest absolute Gasteiger partial charge is 0.177 e. The van der Waals surface area contributed by atoms with Crippen molar-refractivity contribution in [2.24, 2.45) is 0 Å². The van der Waals surface area contributed by atoms with Crippen LogP contribution in [0.15, 0.2) is 59.0 Å². The standard InChI is InChI=1S/C19H12O2/c1-20-16-10-9-14-12-6-3-2-5-11(12)13-7-4-8-15-17(13)18(14)19(16)21-15/h2-10H,1H3. The van der Waals surface area contributed by atoms with E-state index in [1.54, 1.807) is 7.11 Å². The van der Waals surface area contributed by atoms with E-state index in [0.29, 0.717) is 0 Å². The molecule has 0 saturated heterocycles. The Hall–Kier alpha value is -2.74. The van der Waals surface area contributed by atoms with Crippen LogP contribution in [0.1, 0.15) is 0 Å². The molecule has 0 bridgehead atoms. The van der Waals surface area contributed by atoms with E-state index in [0.717, 1.165) is 16.9 Å². The van der Waals surface area contributed by atoms with Crippen LogP contribution in [-0.4, -0.2) is 7.11 Å². The van der Waals surface area contributed by atoms with E-state index in [2.05, 4.69) is 36.4 Å². The lowest BCUT2D eigenvalue weighted by Gasteiger charge is -2.08. The van der Waals surface area contributed by atoms with E-state index in [4.69, 9.17) is 9.15 Å². The maximum atomic E-state index is 6.08. The van der Waals surface area contributed by atoms with Gasteiger partial charge in [-0.25, -0.2) is 0 Å². The quantitative estimate of drug-likeness (QED) is 0.384. The van der Waals surface area contributed by atoms with E-state index >= 15 is 0 Å². The Balaban J connectivity index is 2.25. The molecule has 1 heterocycles. The van der Waals surface area contributed by atoms with Crippen LogP contribution in [0, 0.1) is 0 Å². The zero-order valence-corrected chi connectivity index (χ0v) is 11.5. The van der Waals surface area contributed by atoms with Gasteiger partial charge in [0.1, 0.15) is 5.58 Å². The molecule has 0 aliphatic rings. The second-order valence-electron chi connectivity index (χ2n) is 5.35. The molecule has 4 aromatic carbocycles.